The van der Waals surface area contributed by atoms with E-state index in [1.807, 2.05) is 6.92 Å². The van der Waals surface area contributed by atoms with Gasteiger partial charge in [-0.3, -0.25) is 4.90 Å². The Labute approximate surface area is 143 Å². The van der Waals surface area contributed by atoms with E-state index in [0.717, 1.165) is 41.7 Å². The second-order valence-electron chi connectivity index (χ2n) is 5.10. The van der Waals surface area contributed by atoms with Crippen LogP contribution in [0.5, 0.6) is 0 Å². The molecule has 0 N–H and O–H groups in total. The fraction of sp³-hybridized carbons (Fsp3) is 0.462. The summed E-state index contributed by atoms with van der Waals surface area (Å²) in [4.78, 5) is 6.69. The number of hydrogen-bond donors (Lipinski definition) is 0. The van der Waals surface area contributed by atoms with Gasteiger partial charge in [-0.05, 0) is 19.1 Å². The zero-order chi connectivity index (χ0) is 15.7. The molecule has 2 aromatic rings. The lowest BCUT2D eigenvalue weighted by Crippen LogP contribution is -2.48. The fourth-order valence-corrected chi connectivity index (χ4v) is 6.06. The van der Waals surface area contributed by atoms with Gasteiger partial charge in [-0.25, -0.2) is 13.4 Å². The molecule has 0 aliphatic carbocycles. The number of halogens is 1. The van der Waals surface area contributed by atoms with Crippen LogP contribution in [0.1, 0.15) is 10.7 Å². The minimum absolute atomic E-state index is 0.320. The van der Waals surface area contributed by atoms with Crippen LogP contribution < -0.4 is 0 Å². The second kappa shape index (κ2) is 6.54. The Kier molecular flexibility index (Phi) is 4.86. The van der Waals surface area contributed by atoms with Gasteiger partial charge in [0.05, 0.1) is 15.0 Å². The molecule has 0 radical (unpaired) electrons. The first-order chi connectivity index (χ1) is 10.4. The third kappa shape index (κ3) is 3.52. The van der Waals surface area contributed by atoms with Crippen LogP contribution in [-0.4, -0.2) is 48.8 Å². The van der Waals surface area contributed by atoms with E-state index >= 15 is 0 Å². The Hall–Kier alpha value is -0.510. The first-order valence-electron chi connectivity index (χ1n) is 6.84. The van der Waals surface area contributed by atoms with Gasteiger partial charge in [0.15, 0.2) is 0 Å². The van der Waals surface area contributed by atoms with Crippen molar-refractivity contribution >= 4 is 44.3 Å². The highest BCUT2D eigenvalue weighted by molar-refractivity contribution is 7.91. The Balaban J connectivity index is 1.61. The SMILES string of the molecule is Cc1nc(CN2CCN(S(=O)(=O)c3ccc(Cl)s3)CC2)cs1. The molecular formula is C13H16ClN3O2S3. The third-order valence-corrected chi connectivity index (χ3v) is 7.95. The molecule has 1 fully saturated rings. The standard InChI is InChI=1S/C13H16ClN3O2S3/c1-10-15-11(9-20-10)8-16-4-6-17(7-5-16)22(18,19)13-3-2-12(14)21-13/h2-3,9H,4-8H2,1H3. The Morgan fingerprint density at radius 3 is 2.55 bits per heavy atom. The lowest BCUT2D eigenvalue weighted by molar-refractivity contribution is 0.180. The zero-order valence-electron chi connectivity index (χ0n) is 12.0. The van der Waals surface area contributed by atoms with Gasteiger partial charge in [-0.1, -0.05) is 11.6 Å². The average molecular weight is 378 g/mol. The highest BCUT2D eigenvalue weighted by atomic mass is 35.5. The molecule has 5 nitrogen and oxygen atoms in total. The van der Waals surface area contributed by atoms with E-state index in [2.05, 4.69) is 15.3 Å². The van der Waals surface area contributed by atoms with Crippen LogP contribution in [0.25, 0.3) is 0 Å². The maximum Gasteiger partial charge on any atom is 0.252 e. The number of aryl methyl sites for hydroxylation is 1. The highest BCUT2D eigenvalue weighted by Gasteiger charge is 2.29. The van der Waals surface area contributed by atoms with Crippen molar-refractivity contribution in [3.8, 4) is 0 Å². The lowest BCUT2D eigenvalue weighted by atomic mass is 10.3. The van der Waals surface area contributed by atoms with Crippen molar-refractivity contribution in [3.05, 3.63) is 32.6 Å². The van der Waals surface area contributed by atoms with E-state index in [4.69, 9.17) is 11.6 Å². The number of hydrogen-bond acceptors (Lipinski definition) is 6. The number of nitrogens with zero attached hydrogens (tertiary/aromatic N) is 3. The predicted octanol–water partition coefficient (Wildman–Crippen LogP) is 2.67. The van der Waals surface area contributed by atoms with E-state index in [0.29, 0.717) is 21.6 Å². The van der Waals surface area contributed by atoms with Gasteiger partial charge in [0.25, 0.3) is 10.0 Å². The molecule has 0 bridgehead atoms. The van der Waals surface area contributed by atoms with Crippen LogP contribution in [0.4, 0.5) is 0 Å². The first kappa shape index (κ1) is 16.4. The largest absolute Gasteiger partial charge is 0.295 e. The molecule has 0 amide bonds. The van der Waals surface area contributed by atoms with Crippen LogP contribution in [0.3, 0.4) is 0 Å². The van der Waals surface area contributed by atoms with Crippen LogP contribution in [0.15, 0.2) is 21.7 Å². The summed E-state index contributed by atoms with van der Waals surface area (Å²) in [6.07, 6.45) is 0. The molecule has 9 heteroatoms. The van der Waals surface area contributed by atoms with Crippen molar-refractivity contribution in [2.45, 2.75) is 17.7 Å². The fourth-order valence-electron chi connectivity index (χ4n) is 2.40. The van der Waals surface area contributed by atoms with Crippen molar-refractivity contribution in [1.82, 2.24) is 14.2 Å². The Morgan fingerprint density at radius 1 is 1.27 bits per heavy atom. The van der Waals surface area contributed by atoms with Crippen LogP contribution in [0, 0.1) is 6.92 Å². The van der Waals surface area contributed by atoms with Gasteiger partial charge in [-0.15, -0.1) is 22.7 Å². The van der Waals surface area contributed by atoms with Crippen molar-refractivity contribution in [1.29, 1.82) is 0 Å². The smallest absolute Gasteiger partial charge is 0.252 e. The number of rotatable bonds is 4. The molecule has 0 saturated carbocycles. The summed E-state index contributed by atoms with van der Waals surface area (Å²) in [7, 11) is -3.41. The Morgan fingerprint density at radius 2 is 2.00 bits per heavy atom. The molecule has 0 unspecified atom stereocenters. The van der Waals surface area contributed by atoms with Gasteiger partial charge in [-0.2, -0.15) is 4.31 Å². The molecule has 3 heterocycles. The van der Waals surface area contributed by atoms with Crippen molar-refractivity contribution in [3.63, 3.8) is 0 Å². The monoisotopic (exact) mass is 377 g/mol. The van der Waals surface area contributed by atoms with Crippen molar-refractivity contribution in [2.24, 2.45) is 0 Å². The molecule has 2 aromatic heterocycles. The average Bonchev–Trinajstić information content (AvgIpc) is 3.09. The number of thiazole rings is 1. The quantitative estimate of drug-likeness (QED) is 0.822. The topological polar surface area (TPSA) is 53.5 Å². The van der Waals surface area contributed by atoms with Crippen LogP contribution >= 0.6 is 34.3 Å². The normalized spacial score (nSPS) is 17.9. The molecule has 0 spiro atoms. The van der Waals surface area contributed by atoms with E-state index in [-0.39, 0.29) is 0 Å². The van der Waals surface area contributed by atoms with E-state index in [1.54, 1.807) is 23.5 Å². The maximum absolute atomic E-state index is 12.5. The van der Waals surface area contributed by atoms with Gasteiger partial charge < -0.3 is 0 Å². The summed E-state index contributed by atoms with van der Waals surface area (Å²) >= 11 is 8.59. The summed E-state index contributed by atoms with van der Waals surface area (Å²) in [5, 5.41) is 3.12. The minimum atomic E-state index is -3.41. The summed E-state index contributed by atoms with van der Waals surface area (Å²) in [5.74, 6) is 0. The third-order valence-electron chi connectivity index (χ3n) is 3.53. The lowest BCUT2D eigenvalue weighted by Gasteiger charge is -2.33. The maximum atomic E-state index is 12.5. The zero-order valence-corrected chi connectivity index (χ0v) is 15.2. The summed E-state index contributed by atoms with van der Waals surface area (Å²) in [6.45, 7) is 5.21. The van der Waals surface area contributed by atoms with Crippen LogP contribution in [0.2, 0.25) is 4.34 Å². The van der Waals surface area contributed by atoms with Gasteiger partial charge in [0.2, 0.25) is 0 Å². The van der Waals surface area contributed by atoms with Gasteiger partial charge in [0, 0.05) is 38.1 Å². The molecule has 1 aliphatic rings. The predicted molar refractivity (Wildman–Crippen MR) is 90.2 cm³/mol. The second-order valence-corrected chi connectivity index (χ2v) is 10.0. The molecule has 3 rings (SSSR count). The number of piperazine rings is 1. The summed E-state index contributed by atoms with van der Waals surface area (Å²) in [5.41, 5.74) is 1.06. The van der Waals surface area contributed by atoms with E-state index < -0.39 is 10.0 Å². The number of sulfonamides is 1. The molecular weight excluding hydrogens is 362 g/mol. The van der Waals surface area contributed by atoms with Crippen molar-refractivity contribution < 1.29 is 8.42 Å². The van der Waals surface area contributed by atoms with E-state index in [9.17, 15) is 8.42 Å². The molecule has 120 valence electrons. The molecule has 22 heavy (non-hydrogen) atoms. The summed E-state index contributed by atoms with van der Waals surface area (Å²) in [6, 6.07) is 3.20. The highest BCUT2D eigenvalue weighted by Crippen LogP contribution is 2.28. The Bertz CT molecular complexity index is 748. The number of thiophene rings is 1. The first-order valence-corrected chi connectivity index (χ1v) is 10.4. The molecule has 0 atom stereocenters. The molecule has 1 saturated heterocycles. The number of aromatic nitrogens is 1. The molecule has 1 aliphatic heterocycles. The summed E-state index contributed by atoms with van der Waals surface area (Å²) < 4.78 is 27.4. The minimum Gasteiger partial charge on any atom is -0.295 e. The van der Waals surface area contributed by atoms with Crippen molar-refractivity contribution in [2.75, 3.05) is 26.2 Å². The molecule has 0 aromatic carbocycles. The van der Waals surface area contributed by atoms with Gasteiger partial charge >= 0.3 is 0 Å². The van der Waals surface area contributed by atoms with Crippen LogP contribution in [-0.2, 0) is 16.6 Å². The van der Waals surface area contributed by atoms with Gasteiger partial charge in [0.1, 0.15) is 4.21 Å². The van der Waals surface area contributed by atoms with E-state index in [1.165, 1.54) is 4.31 Å².